The van der Waals surface area contributed by atoms with Crippen molar-refractivity contribution in [3.8, 4) is 0 Å². The van der Waals surface area contributed by atoms with E-state index in [0.29, 0.717) is 5.57 Å². The van der Waals surface area contributed by atoms with Gasteiger partial charge >= 0.3 is 11.9 Å². The maximum atomic E-state index is 12.9. The van der Waals surface area contributed by atoms with Gasteiger partial charge in [-0.25, -0.2) is 9.59 Å². The van der Waals surface area contributed by atoms with E-state index in [1.54, 1.807) is 6.08 Å². The zero-order valence-electron chi connectivity index (χ0n) is 18.4. The molecule has 3 aliphatic rings. The molecule has 0 spiro atoms. The molecule has 158 valence electrons. The summed E-state index contributed by atoms with van der Waals surface area (Å²) in [5.41, 5.74) is 5.99. The second kappa shape index (κ2) is 9.16. The third kappa shape index (κ3) is 4.25. The van der Waals surface area contributed by atoms with E-state index in [2.05, 4.69) is 23.3 Å². The maximum Gasteiger partial charge on any atom is 0.339 e. The maximum absolute atomic E-state index is 12.9. The summed E-state index contributed by atoms with van der Waals surface area (Å²) >= 11 is 0. The molecule has 5 nitrogen and oxygen atoms in total. The molecule has 0 saturated carbocycles. The van der Waals surface area contributed by atoms with Crippen molar-refractivity contribution in [1.29, 1.82) is 0 Å². The van der Waals surface area contributed by atoms with Crippen molar-refractivity contribution in [1.82, 2.24) is 4.90 Å². The van der Waals surface area contributed by atoms with Gasteiger partial charge in [0.1, 0.15) is 0 Å². The van der Waals surface area contributed by atoms with Crippen LogP contribution in [0.4, 0.5) is 0 Å². The Morgan fingerprint density at radius 3 is 2.23 bits per heavy atom. The van der Waals surface area contributed by atoms with E-state index in [1.165, 1.54) is 27.1 Å². The quantitative estimate of drug-likeness (QED) is 0.650. The Kier molecular flexibility index (Phi) is 6.60. The van der Waals surface area contributed by atoms with Gasteiger partial charge in [0.2, 0.25) is 0 Å². The van der Waals surface area contributed by atoms with Gasteiger partial charge in [0.05, 0.1) is 25.4 Å². The van der Waals surface area contributed by atoms with E-state index < -0.39 is 11.9 Å². The number of carbonyl (C=O) groups is 2. The summed E-state index contributed by atoms with van der Waals surface area (Å²) in [4.78, 5) is 27.8. The zero-order valence-corrected chi connectivity index (χ0v) is 18.4. The number of nitrogens with zero attached hydrogens (tertiary/aromatic N) is 1. The molecule has 1 saturated heterocycles. The van der Waals surface area contributed by atoms with Gasteiger partial charge in [-0.05, 0) is 74.3 Å². The number of allylic oxidation sites excluding steroid dienone is 9. The fourth-order valence-corrected chi connectivity index (χ4v) is 4.24. The second-order valence-corrected chi connectivity index (χ2v) is 7.77. The van der Waals surface area contributed by atoms with Gasteiger partial charge in [-0.1, -0.05) is 23.8 Å². The first-order chi connectivity index (χ1) is 14.4. The minimum atomic E-state index is -0.567. The lowest BCUT2D eigenvalue weighted by molar-refractivity contribution is -0.138. The highest BCUT2D eigenvalue weighted by Gasteiger charge is 2.31. The van der Waals surface area contributed by atoms with Crippen LogP contribution in [-0.4, -0.2) is 44.1 Å². The highest BCUT2D eigenvalue weighted by atomic mass is 16.5. The van der Waals surface area contributed by atoms with Crippen molar-refractivity contribution in [2.45, 2.75) is 33.6 Å². The van der Waals surface area contributed by atoms with Crippen LogP contribution in [0.3, 0.4) is 0 Å². The molecule has 0 atom stereocenters. The third-order valence-corrected chi connectivity index (χ3v) is 5.56. The predicted molar refractivity (Wildman–Crippen MR) is 117 cm³/mol. The summed E-state index contributed by atoms with van der Waals surface area (Å²) in [6, 6.07) is 0. The number of hydrogen-bond donors (Lipinski definition) is 0. The zero-order chi connectivity index (χ0) is 21.8. The Bertz CT molecular complexity index is 977. The summed E-state index contributed by atoms with van der Waals surface area (Å²) in [5.74, 6) is -1.12. The standard InChI is InChI=1S/C25H29NO4/c1-16-14-17(2)21-19(10-13-26-11-6-7-12-26)8-9-20(24(27)29-4)23(25(28)30-5)22(21)18(3)15-16/h8-10,13-15H,6-7,11-12H2,1-5H3/b13-10+. The molecule has 2 aliphatic carbocycles. The van der Waals surface area contributed by atoms with Gasteiger partial charge in [0.15, 0.2) is 0 Å². The van der Waals surface area contributed by atoms with Crippen LogP contribution in [0.25, 0.3) is 0 Å². The number of ether oxygens (including phenoxy) is 2. The number of rotatable bonds is 4. The molecule has 0 N–H and O–H groups in total. The lowest BCUT2D eigenvalue weighted by atomic mass is 9.86. The molecule has 1 aliphatic heterocycles. The van der Waals surface area contributed by atoms with E-state index in [9.17, 15) is 9.59 Å². The Labute approximate surface area is 178 Å². The topological polar surface area (TPSA) is 55.8 Å². The summed E-state index contributed by atoms with van der Waals surface area (Å²) in [6.07, 6.45) is 14.2. The molecule has 3 rings (SSSR count). The Morgan fingerprint density at radius 2 is 1.60 bits per heavy atom. The van der Waals surface area contributed by atoms with E-state index in [0.717, 1.165) is 41.0 Å². The van der Waals surface area contributed by atoms with E-state index in [-0.39, 0.29) is 11.1 Å². The third-order valence-electron chi connectivity index (χ3n) is 5.56. The van der Waals surface area contributed by atoms with Gasteiger partial charge in [0.25, 0.3) is 0 Å². The van der Waals surface area contributed by atoms with Gasteiger partial charge in [-0.2, -0.15) is 0 Å². The Morgan fingerprint density at radius 1 is 0.933 bits per heavy atom. The molecule has 0 amide bonds. The van der Waals surface area contributed by atoms with E-state index in [1.807, 2.05) is 32.9 Å². The van der Waals surface area contributed by atoms with Crippen LogP contribution in [-0.2, 0) is 19.1 Å². The van der Waals surface area contributed by atoms with Crippen LogP contribution in [0.5, 0.6) is 0 Å². The van der Waals surface area contributed by atoms with Crippen molar-refractivity contribution in [2.75, 3.05) is 27.3 Å². The minimum absolute atomic E-state index is 0.196. The number of likely N-dealkylation sites (tertiary alicyclic amines) is 1. The number of hydrogen-bond acceptors (Lipinski definition) is 5. The van der Waals surface area contributed by atoms with Crippen LogP contribution in [0, 0.1) is 0 Å². The first kappa shape index (κ1) is 21.6. The van der Waals surface area contributed by atoms with Crippen LogP contribution >= 0.6 is 0 Å². The van der Waals surface area contributed by atoms with Crippen molar-refractivity contribution >= 4 is 11.9 Å². The average molecular weight is 408 g/mol. The lowest BCUT2D eigenvalue weighted by Crippen LogP contribution is -2.17. The summed E-state index contributed by atoms with van der Waals surface area (Å²) in [5, 5.41) is 0. The van der Waals surface area contributed by atoms with Crippen LogP contribution in [0.1, 0.15) is 33.6 Å². The molecule has 1 heterocycles. The van der Waals surface area contributed by atoms with Crippen molar-refractivity contribution in [2.24, 2.45) is 0 Å². The van der Waals surface area contributed by atoms with Crippen molar-refractivity contribution in [3.05, 3.63) is 81.2 Å². The summed E-state index contributed by atoms with van der Waals surface area (Å²) in [6.45, 7) is 8.09. The average Bonchev–Trinajstić information content (AvgIpc) is 3.14. The molecule has 0 radical (unpaired) electrons. The predicted octanol–water partition coefficient (Wildman–Crippen LogP) is 4.33. The fourth-order valence-electron chi connectivity index (χ4n) is 4.24. The molecule has 30 heavy (non-hydrogen) atoms. The normalized spacial score (nSPS) is 19.6. The molecule has 0 unspecified atom stereocenters. The minimum Gasteiger partial charge on any atom is -0.465 e. The summed E-state index contributed by atoms with van der Waals surface area (Å²) < 4.78 is 10.1. The SMILES string of the molecule is COC(=O)C1=C(C(=O)OC)C2=C(C)C=C(C)C=C(C)C2=C(/C=C/N2CCCC2)C=C1. The first-order valence-corrected chi connectivity index (χ1v) is 10.2. The fraction of sp³-hybridized carbons (Fsp3) is 0.360. The largest absolute Gasteiger partial charge is 0.465 e. The number of carbonyl (C=O) groups excluding carboxylic acids is 2. The molecule has 0 aromatic heterocycles. The number of fused-ring (bicyclic) bond motifs is 1. The van der Waals surface area contributed by atoms with Gasteiger partial charge in [-0.15, -0.1) is 0 Å². The van der Waals surface area contributed by atoms with E-state index >= 15 is 0 Å². The monoisotopic (exact) mass is 407 g/mol. The number of esters is 2. The Hall–Kier alpha value is -3.08. The summed E-state index contributed by atoms with van der Waals surface area (Å²) in [7, 11) is 2.64. The second-order valence-electron chi connectivity index (χ2n) is 7.77. The molecular weight excluding hydrogens is 378 g/mol. The van der Waals surface area contributed by atoms with Crippen molar-refractivity contribution < 1.29 is 19.1 Å². The molecule has 5 heteroatoms. The highest BCUT2D eigenvalue weighted by Crippen LogP contribution is 2.39. The van der Waals surface area contributed by atoms with Crippen molar-refractivity contribution in [3.63, 3.8) is 0 Å². The van der Waals surface area contributed by atoms with Crippen LogP contribution < -0.4 is 0 Å². The van der Waals surface area contributed by atoms with Gasteiger partial charge < -0.3 is 14.4 Å². The number of methoxy groups -OCH3 is 2. The smallest absolute Gasteiger partial charge is 0.339 e. The molecule has 1 fully saturated rings. The van der Waals surface area contributed by atoms with Gasteiger partial charge in [-0.3, -0.25) is 0 Å². The Balaban J connectivity index is 2.31. The van der Waals surface area contributed by atoms with Crippen LogP contribution in [0.2, 0.25) is 0 Å². The molecular formula is C25H29NO4. The van der Waals surface area contributed by atoms with Crippen LogP contribution in [0.15, 0.2) is 81.2 Å². The van der Waals surface area contributed by atoms with E-state index in [4.69, 9.17) is 9.47 Å². The molecule has 0 bridgehead atoms. The first-order valence-electron chi connectivity index (χ1n) is 10.2. The molecule has 0 aromatic rings. The molecule has 0 aromatic carbocycles. The lowest BCUT2D eigenvalue weighted by Gasteiger charge is -2.19. The highest BCUT2D eigenvalue weighted by molar-refractivity contribution is 6.07. The van der Waals surface area contributed by atoms with Gasteiger partial charge in [0, 0.05) is 18.7 Å².